The van der Waals surface area contributed by atoms with Gasteiger partial charge < -0.3 is 10.2 Å². The SMILES string of the molecule is CCCN(C)c1ccc(CNC)c(C(F)(F)F)c1. The Balaban J connectivity index is 3.13. The molecule has 2 nitrogen and oxygen atoms in total. The van der Waals surface area contributed by atoms with E-state index in [0.717, 1.165) is 13.0 Å². The summed E-state index contributed by atoms with van der Waals surface area (Å²) < 4.78 is 38.9. The Morgan fingerprint density at radius 1 is 1.28 bits per heavy atom. The lowest BCUT2D eigenvalue weighted by atomic mass is 10.1. The number of nitrogens with one attached hydrogen (secondary N) is 1. The molecule has 0 aliphatic carbocycles. The van der Waals surface area contributed by atoms with Gasteiger partial charge in [-0.1, -0.05) is 13.0 Å². The summed E-state index contributed by atoms with van der Waals surface area (Å²) in [5.74, 6) is 0. The monoisotopic (exact) mass is 260 g/mol. The summed E-state index contributed by atoms with van der Waals surface area (Å²) in [5.41, 5.74) is 0.319. The molecule has 1 rings (SSSR count). The van der Waals surface area contributed by atoms with Crippen LogP contribution in [0.15, 0.2) is 18.2 Å². The maximum absolute atomic E-state index is 13.0. The molecule has 0 aliphatic heterocycles. The Morgan fingerprint density at radius 3 is 2.44 bits per heavy atom. The highest BCUT2D eigenvalue weighted by atomic mass is 19.4. The van der Waals surface area contributed by atoms with Crippen molar-refractivity contribution < 1.29 is 13.2 Å². The Bertz CT molecular complexity index is 388. The topological polar surface area (TPSA) is 15.3 Å². The smallest absolute Gasteiger partial charge is 0.375 e. The highest BCUT2D eigenvalue weighted by molar-refractivity contribution is 5.51. The maximum Gasteiger partial charge on any atom is 0.416 e. The van der Waals surface area contributed by atoms with E-state index in [-0.39, 0.29) is 12.1 Å². The highest BCUT2D eigenvalue weighted by Crippen LogP contribution is 2.34. The molecular formula is C13H19F3N2. The number of nitrogens with zero attached hydrogens (tertiary/aromatic N) is 1. The van der Waals surface area contributed by atoms with E-state index >= 15 is 0 Å². The van der Waals surface area contributed by atoms with Crippen molar-refractivity contribution >= 4 is 5.69 Å². The molecule has 0 spiro atoms. The van der Waals surface area contributed by atoms with Crippen LogP contribution in [0.3, 0.4) is 0 Å². The van der Waals surface area contributed by atoms with E-state index in [9.17, 15) is 13.2 Å². The molecule has 0 saturated heterocycles. The maximum atomic E-state index is 13.0. The van der Waals surface area contributed by atoms with Crippen molar-refractivity contribution in [2.24, 2.45) is 0 Å². The van der Waals surface area contributed by atoms with Crippen LogP contribution in [0.1, 0.15) is 24.5 Å². The third-order valence-electron chi connectivity index (χ3n) is 2.77. The van der Waals surface area contributed by atoms with Crippen LogP contribution in [0.2, 0.25) is 0 Å². The van der Waals surface area contributed by atoms with Crippen LogP contribution in [0, 0.1) is 0 Å². The Hall–Kier alpha value is -1.23. The summed E-state index contributed by atoms with van der Waals surface area (Å²) in [5, 5.41) is 2.76. The van der Waals surface area contributed by atoms with Gasteiger partial charge >= 0.3 is 6.18 Å². The molecule has 1 aromatic carbocycles. The third kappa shape index (κ3) is 3.63. The van der Waals surface area contributed by atoms with Crippen LogP contribution in [-0.4, -0.2) is 20.6 Å². The van der Waals surface area contributed by atoms with Gasteiger partial charge in [0, 0.05) is 25.8 Å². The molecule has 0 unspecified atom stereocenters. The molecule has 0 fully saturated rings. The van der Waals surface area contributed by atoms with Gasteiger partial charge in [-0.25, -0.2) is 0 Å². The van der Waals surface area contributed by atoms with E-state index in [1.165, 1.54) is 6.07 Å². The fraction of sp³-hybridized carbons (Fsp3) is 0.538. The molecule has 102 valence electrons. The molecule has 1 aromatic rings. The van der Waals surface area contributed by atoms with Crippen molar-refractivity contribution in [1.29, 1.82) is 0 Å². The van der Waals surface area contributed by atoms with E-state index < -0.39 is 11.7 Å². The number of hydrogen-bond acceptors (Lipinski definition) is 2. The zero-order valence-electron chi connectivity index (χ0n) is 10.9. The fourth-order valence-electron chi connectivity index (χ4n) is 1.87. The van der Waals surface area contributed by atoms with Crippen molar-refractivity contribution in [3.8, 4) is 0 Å². The molecule has 0 amide bonds. The molecular weight excluding hydrogens is 241 g/mol. The average Bonchev–Trinajstić information content (AvgIpc) is 2.28. The lowest BCUT2D eigenvalue weighted by Gasteiger charge is -2.21. The molecule has 0 heterocycles. The summed E-state index contributed by atoms with van der Waals surface area (Å²) in [6.45, 7) is 2.95. The van der Waals surface area contributed by atoms with E-state index in [4.69, 9.17) is 0 Å². The number of alkyl halides is 3. The molecule has 0 bridgehead atoms. The number of rotatable bonds is 5. The first-order valence-electron chi connectivity index (χ1n) is 5.96. The molecule has 0 radical (unpaired) electrons. The molecule has 0 aliphatic rings. The van der Waals surface area contributed by atoms with Crippen molar-refractivity contribution in [2.75, 3.05) is 25.5 Å². The molecule has 0 saturated carbocycles. The lowest BCUT2D eigenvalue weighted by molar-refractivity contribution is -0.138. The van der Waals surface area contributed by atoms with Crippen LogP contribution in [-0.2, 0) is 12.7 Å². The van der Waals surface area contributed by atoms with Crippen LogP contribution >= 0.6 is 0 Å². The number of anilines is 1. The standard InChI is InChI=1S/C13H19F3N2/c1-4-7-18(3)11-6-5-10(9-17-2)12(8-11)13(14,15)16/h5-6,8,17H,4,7,9H2,1-3H3. The van der Waals surface area contributed by atoms with E-state index in [2.05, 4.69) is 5.32 Å². The van der Waals surface area contributed by atoms with Gasteiger partial charge in [-0.2, -0.15) is 13.2 Å². The minimum Gasteiger partial charge on any atom is -0.375 e. The predicted molar refractivity (Wildman–Crippen MR) is 67.8 cm³/mol. The van der Waals surface area contributed by atoms with Crippen LogP contribution in [0.5, 0.6) is 0 Å². The summed E-state index contributed by atoms with van der Waals surface area (Å²) in [4.78, 5) is 1.83. The van der Waals surface area contributed by atoms with Gasteiger partial charge in [-0.05, 0) is 31.2 Å². The van der Waals surface area contributed by atoms with Crippen molar-refractivity contribution in [1.82, 2.24) is 5.32 Å². The summed E-state index contributed by atoms with van der Waals surface area (Å²) in [6, 6.07) is 4.50. The Kier molecular flexibility index (Phi) is 5.02. The number of halogens is 3. The zero-order chi connectivity index (χ0) is 13.8. The van der Waals surface area contributed by atoms with E-state index in [0.29, 0.717) is 5.69 Å². The van der Waals surface area contributed by atoms with Gasteiger partial charge in [0.1, 0.15) is 0 Å². The van der Waals surface area contributed by atoms with Gasteiger partial charge in [0.05, 0.1) is 5.56 Å². The zero-order valence-corrected chi connectivity index (χ0v) is 10.9. The predicted octanol–water partition coefficient (Wildman–Crippen LogP) is 3.27. The largest absolute Gasteiger partial charge is 0.416 e. The second-order valence-corrected chi connectivity index (χ2v) is 4.29. The Labute approximate surface area is 106 Å². The van der Waals surface area contributed by atoms with Crippen molar-refractivity contribution in [2.45, 2.75) is 26.1 Å². The first kappa shape index (κ1) is 14.8. The molecule has 0 aromatic heterocycles. The minimum absolute atomic E-state index is 0.215. The van der Waals surface area contributed by atoms with Crippen LogP contribution in [0.4, 0.5) is 18.9 Å². The second kappa shape index (κ2) is 6.09. The van der Waals surface area contributed by atoms with E-state index in [1.807, 2.05) is 11.8 Å². The average molecular weight is 260 g/mol. The first-order chi connectivity index (χ1) is 8.40. The van der Waals surface area contributed by atoms with Crippen LogP contribution < -0.4 is 10.2 Å². The van der Waals surface area contributed by atoms with Gasteiger partial charge in [0.2, 0.25) is 0 Å². The summed E-state index contributed by atoms with van der Waals surface area (Å²) in [6.07, 6.45) is -3.41. The van der Waals surface area contributed by atoms with Gasteiger partial charge in [-0.3, -0.25) is 0 Å². The van der Waals surface area contributed by atoms with Crippen LogP contribution in [0.25, 0.3) is 0 Å². The van der Waals surface area contributed by atoms with Gasteiger partial charge in [-0.15, -0.1) is 0 Å². The molecule has 18 heavy (non-hydrogen) atoms. The quantitative estimate of drug-likeness (QED) is 0.874. The molecule has 1 N–H and O–H groups in total. The number of hydrogen-bond donors (Lipinski definition) is 1. The fourth-order valence-corrected chi connectivity index (χ4v) is 1.87. The van der Waals surface area contributed by atoms with Crippen molar-refractivity contribution in [3.05, 3.63) is 29.3 Å². The van der Waals surface area contributed by atoms with E-state index in [1.54, 1.807) is 26.2 Å². The van der Waals surface area contributed by atoms with Gasteiger partial charge in [0.15, 0.2) is 0 Å². The number of benzene rings is 1. The van der Waals surface area contributed by atoms with Crippen molar-refractivity contribution in [3.63, 3.8) is 0 Å². The third-order valence-corrected chi connectivity index (χ3v) is 2.77. The van der Waals surface area contributed by atoms with Gasteiger partial charge in [0.25, 0.3) is 0 Å². The second-order valence-electron chi connectivity index (χ2n) is 4.29. The molecule has 0 atom stereocenters. The summed E-state index contributed by atoms with van der Waals surface area (Å²) >= 11 is 0. The first-order valence-corrected chi connectivity index (χ1v) is 5.96. The highest BCUT2D eigenvalue weighted by Gasteiger charge is 2.33. The lowest BCUT2D eigenvalue weighted by Crippen LogP contribution is -2.20. The minimum atomic E-state index is -4.31. The normalized spacial score (nSPS) is 11.7. The summed E-state index contributed by atoms with van der Waals surface area (Å²) in [7, 11) is 3.44. The molecule has 5 heteroatoms. The Morgan fingerprint density at radius 2 is 1.94 bits per heavy atom.